The summed E-state index contributed by atoms with van der Waals surface area (Å²) in [4.78, 5) is 12.0. The predicted octanol–water partition coefficient (Wildman–Crippen LogP) is 1.51. The van der Waals surface area contributed by atoms with E-state index in [0.29, 0.717) is 11.3 Å². The molecule has 2 rings (SSSR count). The highest BCUT2D eigenvalue weighted by atomic mass is 16.5. The van der Waals surface area contributed by atoms with Crippen LogP contribution < -0.4 is 10.3 Å². The second-order valence-corrected chi connectivity index (χ2v) is 4.27. The van der Waals surface area contributed by atoms with E-state index in [-0.39, 0.29) is 11.3 Å². The molecule has 0 aliphatic rings. The van der Waals surface area contributed by atoms with Crippen molar-refractivity contribution < 1.29 is 9.84 Å². The van der Waals surface area contributed by atoms with Crippen molar-refractivity contribution in [3.63, 3.8) is 0 Å². The predicted molar refractivity (Wildman–Crippen MR) is 72.1 cm³/mol. The maximum atomic E-state index is 12.0. The Morgan fingerprint density at radius 2 is 1.95 bits per heavy atom. The molecule has 1 aromatic carbocycles. The number of hydrogen-bond donors (Lipinski definition) is 1. The van der Waals surface area contributed by atoms with Crippen LogP contribution in [0, 0.1) is 0 Å². The first-order valence-corrected chi connectivity index (χ1v) is 5.95. The highest BCUT2D eigenvalue weighted by Gasteiger charge is 2.21. The van der Waals surface area contributed by atoms with Gasteiger partial charge in [0.15, 0.2) is 5.75 Å². The Morgan fingerprint density at radius 3 is 2.47 bits per heavy atom. The SMILES string of the molecule is COc1c(C(C)O)c(-c2ccccc2)nn(C)c1=O. The summed E-state index contributed by atoms with van der Waals surface area (Å²) in [6, 6.07) is 9.39. The van der Waals surface area contributed by atoms with E-state index in [1.165, 1.54) is 11.8 Å². The van der Waals surface area contributed by atoms with E-state index in [9.17, 15) is 9.90 Å². The fraction of sp³-hybridized carbons (Fsp3) is 0.286. The van der Waals surface area contributed by atoms with Crippen molar-refractivity contribution in [2.75, 3.05) is 7.11 Å². The normalized spacial score (nSPS) is 12.2. The molecule has 0 saturated heterocycles. The molecule has 0 fully saturated rings. The van der Waals surface area contributed by atoms with Gasteiger partial charge in [-0.1, -0.05) is 30.3 Å². The number of aliphatic hydroxyl groups is 1. The fourth-order valence-corrected chi connectivity index (χ4v) is 2.01. The summed E-state index contributed by atoms with van der Waals surface area (Å²) >= 11 is 0. The molecule has 0 amide bonds. The van der Waals surface area contributed by atoms with Crippen LogP contribution in [0.3, 0.4) is 0 Å². The molecule has 0 radical (unpaired) electrons. The maximum Gasteiger partial charge on any atom is 0.309 e. The van der Waals surface area contributed by atoms with Gasteiger partial charge in [0.2, 0.25) is 0 Å². The number of ether oxygens (including phenoxy) is 1. The zero-order chi connectivity index (χ0) is 14.0. The van der Waals surface area contributed by atoms with Gasteiger partial charge in [0.1, 0.15) is 5.69 Å². The quantitative estimate of drug-likeness (QED) is 0.908. The third-order valence-corrected chi connectivity index (χ3v) is 2.91. The van der Waals surface area contributed by atoms with Crippen molar-refractivity contribution in [2.45, 2.75) is 13.0 Å². The summed E-state index contributed by atoms with van der Waals surface area (Å²) < 4.78 is 6.36. The monoisotopic (exact) mass is 260 g/mol. The Kier molecular flexibility index (Phi) is 3.66. The second kappa shape index (κ2) is 5.24. The summed E-state index contributed by atoms with van der Waals surface area (Å²) in [5.74, 6) is 0.131. The Bertz CT molecular complexity index is 633. The highest BCUT2D eigenvalue weighted by Crippen LogP contribution is 2.30. The van der Waals surface area contributed by atoms with Gasteiger partial charge in [0, 0.05) is 12.6 Å². The van der Waals surface area contributed by atoms with Crippen molar-refractivity contribution in [1.29, 1.82) is 0 Å². The van der Waals surface area contributed by atoms with Gasteiger partial charge in [0.05, 0.1) is 18.8 Å². The van der Waals surface area contributed by atoms with Crippen LogP contribution in [-0.4, -0.2) is 22.0 Å². The van der Waals surface area contributed by atoms with Crippen LogP contribution in [0.1, 0.15) is 18.6 Å². The summed E-state index contributed by atoms with van der Waals surface area (Å²) in [5.41, 5.74) is 1.43. The van der Waals surface area contributed by atoms with Gasteiger partial charge in [0.25, 0.3) is 0 Å². The van der Waals surface area contributed by atoms with Crippen LogP contribution in [0.25, 0.3) is 11.3 Å². The lowest BCUT2D eigenvalue weighted by Crippen LogP contribution is -2.24. The molecule has 19 heavy (non-hydrogen) atoms. The molecule has 0 spiro atoms. The summed E-state index contributed by atoms with van der Waals surface area (Å²) in [6.45, 7) is 1.59. The molecule has 0 saturated carbocycles. The van der Waals surface area contributed by atoms with Gasteiger partial charge in [-0.2, -0.15) is 5.10 Å². The van der Waals surface area contributed by atoms with Gasteiger partial charge in [-0.05, 0) is 6.92 Å². The molecule has 5 nitrogen and oxygen atoms in total. The van der Waals surface area contributed by atoms with Crippen LogP contribution in [0.4, 0.5) is 0 Å². The van der Waals surface area contributed by atoms with E-state index in [4.69, 9.17) is 4.74 Å². The Labute approximate surface area is 111 Å². The van der Waals surface area contributed by atoms with Gasteiger partial charge >= 0.3 is 5.56 Å². The molecule has 1 N–H and O–H groups in total. The van der Waals surface area contributed by atoms with Crippen molar-refractivity contribution in [3.05, 3.63) is 46.2 Å². The second-order valence-electron chi connectivity index (χ2n) is 4.27. The average Bonchev–Trinajstić information content (AvgIpc) is 2.41. The number of methoxy groups -OCH3 is 1. The van der Waals surface area contributed by atoms with Gasteiger partial charge in [-0.3, -0.25) is 4.79 Å². The van der Waals surface area contributed by atoms with Crippen molar-refractivity contribution in [1.82, 2.24) is 9.78 Å². The Balaban J connectivity index is 2.81. The van der Waals surface area contributed by atoms with Crippen LogP contribution in [-0.2, 0) is 7.05 Å². The van der Waals surface area contributed by atoms with E-state index in [0.717, 1.165) is 5.56 Å². The van der Waals surface area contributed by atoms with Gasteiger partial charge in [-0.15, -0.1) is 0 Å². The van der Waals surface area contributed by atoms with Gasteiger partial charge in [-0.25, -0.2) is 4.68 Å². The summed E-state index contributed by atoms with van der Waals surface area (Å²) in [6.07, 6.45) is -0.841. The third-order valence-electron chi connectivity index (χ3n) is 2.91. The van der Waals surface area contributed by atoms with Crippen LogP contribution >= 0.6 is 0 Å². The maximum absolute atomic E-state index is 12.0. The smallest absolute Gasteiger partial charge is 0.309 e. The molecule has 2 aromatic rings. The van der Waals surface area contributed by atoms with Crippen molar-refractivity contribution in [2.24, 2.45) is 7.05 Å². The summed E-state index contributed by atoms with van der Waals surface area (Å²) in [7, 11) is 2.97. The van der Waals surface area contributed by atoms with E-state index in [2.05, 4.69) is 5.10 Å². The highest BCUT2D eigenvalue weighted by molar-refractivity contribution is 5.65. The third kappa shape index (κ3) is 2.37. The number of aromatic nitrogens is 2. The number of aryl methyl sites for hydroxylation is 1. The zero-order valence-corrected chi connectivity index (χ0v) is 11.1. The first-order valence-electron chi connectivity index (χ1n) is 5.95. The van der Waals surface area contributed by atoms with Crippen molar-refractivity contribution >= 4 is 0 Å². The molecule has 100 valence electrons. The lowest BCUT2D eigenvalue weighted by atomic mass is 10.0. The first-order chi connectivity index (χ1) is 9.06. The lowest BCUT2D eigenvalue weighted by Gasteiger charge is -2.16. The number of aliphatic hydroxyl groups excluding tert-OH is 1. The van der Waals surface area contributed by atoms with E-state index >= 15 is 0 Å². The van der Waals surface area contributed by atoms with E-state index < -0.39 is 6.10 Å². The zero-order valence-electron chi connectivity index (χ0n) is 11.1. The van der Waals surface area contributed by atoms with E-state index in [1.807, 2.05) is 30.3 Å². The molecule has 1 heterocycles. The molecule has 1 atom stereocenters. The van der Waals surface area contributed by atoms with Crippen molar-refractivity contribution in [3.8, 4) is 17.0 Å². The lowest BCUT2D eigenvalue weighted by molar-refractivity contribution is 0.193. The number of benzene rings is 1. The minimum absolute atomic E-state index is 0.131. The molecular weight excluding hydrogens is 244 g/mol. The largest absolute Gasteiger partial charge is 0.491 e. The fourth-order valence-electron chi connectivity index (χ4n) is 2.01. The average molecular weight is 260 g/mol. The minimum Gasteiger partial charge on any atom is -0.491 e. The minimum atomic E-state index is -0.841. The molecule has 1 aromatic heterocycles. The number of nitrogens with zero attached hydrogens (tertiary/aromatic N) is 2. The molecule has 0 aliphatic heterocycles. The number of hydrogen-bond acceptors (Lipinski definition) is 4. The Morgan fingerprint density at radius 1 is 1.32 bits per heavy atom. The topological polar surface area (TPSA) is 64.3 Å². The van der Waals surface area contributed by atoms with Gasteiger partial charge < -0.3 is 9.84 Å². The molecule has 1 unspecified atom stereocenters. The Hall–Kier alpha value is -2.14. The van der Waals surface area contributed by atoms with E-state index in [1.54, 1.807) is 14.0 Å². The number of rotatable bonds is 3. The van der Waals surface area contributed by atoms with Crippen LogP contribution in [0.2, 0.25) is 0 Å². The molecule has 0 aliphatic carbocycles. The molecule has 5 heteroatoms. The van der Waals surface area contributed by atoms with Crippen LogP contribution in [0.15, 0.2) is 35.1 Å². The molecule has 0 bridgehead atoms. The first kappa shape index (κ1) is 13.3. The van der Waals surface area contributed by atoms with Crippen LogP contribution in [0.5, 0.6) is 5.75 Å². The standard InChI is InChI=1S/C14H16N2O3/c1-9(17)11-12(10-7-5-4-6-8-10)15-16(2)14(18)13(11)19-3/h4-9,17H,1-3H3. The summed E-state index contributed by atoms with van der Waals surface area (Å²) in [5, 5.41) is 14.2. The molecular formula is C14H16N2O3.